The highest BCUT2D eigenvalue weighted by Crippen LogP contribution is 2.38. The van der Waals surface area contributed by atoms with Gasteiger partial charge < -0.3 is 0 Å². The second kappa shape index (κ2) is 4.76. The minimum Gasteiger partial charge on any atom is -0.212 e. The van der Waals surface area contributed by atoms with E-state index in [1.54, 1.807) is 22.6 Å². The summed E-state index contributed by atoms with van der Waals surface area (Å²) >= 11 is 5.04. The second-order valence-electron chi connectivity index (χ2n) is 3.81. The van der Waals surface area contributed by atoms with Gasteiger partial charge in [0, 0.05) is 11.4 Å². The van der Waals surface area contributed by atoms with Gasteiger partial charge in [-0.15, -0.1) is 11.3 Å². The third-order valence-corrected chi connectivity index (χ3v) is 6.45. The van der Waals surface area contributed by atoms with Gasteiger partial charge >= 0.3 is 0 Å². The zero-order chi connectivity index (χ0) is 11.8. The van der Waals surface area contributed by atoms with Gasteiger partial charge in [-0.05, 0) is 47.8 Å². The maximum Gasteiger partial charge on any atom is 0.214 e. The lowest BCUT2D eigenvalue weighted by Gasteiger charge is -2.22. The molecule has 1 aliphatic heterocycles. The van der Waals surface area contributed by atoms with Crippen LogP contribution in [0.25, 0.3) is 0 Å². The predicted octanol–water partition coefficient (Wildman–Crippen LogP) is 3.00. The highest BCUT2D eigenvalue weighted by atomic mass is 79.9. The fourth-order valence-corrected chi connectivity index (χ4v) is 5.01. The summed E-state index contributed by atoms with van der Waals surface area (Å²) in [5, 5.41) is 0. The molecule has 6 heteroatoms. The molecule has 2 rings (SSSR count). The van der Waals surface area contributed by atoms with Crippen LogP contribution in [0.5, 0.6) is 0 Å². The van der Waals surface area contributed by atoms with Crippen molar-refractivity contribution < 1.29 is 8.42 Å². The van der Waals surface area contributed by atoms with E-state index in [0.717, 1.165) is 21.5 Å². The zero-order valence-corrected chi connectivity index (χ0v) is 12.2. The molecule has 16 heavy (non-hydrogen) atoms. The van der Waals surface area contributed by atoms with Crippen LogP contribution in [0.3, 0.4) is 0 Å². The third kappa shape index (κ3) is 2.34. The highest BCUT2D eigenvalue weighted by Gasteiger charge is 2.34. The van der Waals surface area contributed by atoms with Crippen LogP contribution >= 0.6 is 27.3 Å². The molecule has 3 nitrogen and oxygen atoms in total. The number of nitrogens with zero attached hydrogens (tertiary/aromatic N) is 1. The van der Waals surface area contributed by atoms with E-state index in [-0.39, 0.29) is 11.8 Å². The number of hydrogen-bond donors (Lipinski definition) is 0. The Balaban J connectivity index is 2.28. The molecule has 0 amide bonds. The zero-order valence-electron chi connectivity index (χ0n) is 9.02. The molecule has 1 atom stereocenters. The van der Waals surface area contributed by atoms with E-state index in [9.17, 15) is 8.42 Å². The molecule has 1 fully saturated rings. The van der Waals surface area contributed by atoms with Gasteiger partial charge in [-0.3, -0.25) is 0 Å². The van der Waals surface area contributed by atoms with Crippen molar-refractivity contribution in [3.05, 3.63) is 20.8 Å². The van der Waals surface area contributed by atoms with Crippen LogP contribution in [0.2, 0.25) is 0 Å². The molecule has 1 aromatic heterocycles. The van der Waals surface area contributed by atoms with Gasteiger partial charge in [-0.2, -0.15) is 4.31 Å². The molecule has 0 bridgehead atoms. The van der Waals surface area contributed by atoms with Crippen LogP contribution in [0.15, 0.2) is 15.9 Å². The van der Waals surface area contributed by atoms with Crippen molar-refractivity contribution in [1.82, 2.24) is 4.31 Å². The molecule has 0 saturated carbocycles. The average Bonchev–Trinajstić information content (AvgIpc) is 2.85. The van der Waals surface area contributed by atoms with Crippen molar-refractivity contribution in [2.45, 2.75) is 25.8 Å². The summed E-state index contributed by atoms with van der Waals surface area (Å²) < 4.78 is 26.5. The highest BCUT2D eigenvalue weighted by molar-refractivity contribution is 9.11. The van der Waals surface area contributed by atoms with Crippen molar-refractivity contribution in [3.63, 3.8) is 0 Å². The fraction of sp³-hybridized carbons (Fsp3) is 0.600. The van der Waals surface area contributed by atoms with E-state index >= 15 is 0 Å². The van der Waals surface area contributed by atoms with E-state index in [1.807, 2.05) is 12.1 Å². The van der Waals surface area contributed by atoms with E-state index in [4.69, 9.17) is 0 Å². The van der Waals surface area contributed by atoms with Gasteiger partial charge in [-0.1, -0.05) is 0 Å². The van der Waals surface area contributed by atoms with Crippen molar-refractivity contribution in [2.24, 2.45) is 0 Å². The molecule has 0 N–H and O–H groups in total. The maximum absolute atomic E-state index is 11.9. The van der Waals surface area contributed by atoms with Gasteiger partial charge in [-0.25, -0.2) is 8.42 Å². The predicted molar refractivity (Wildman–Crippen MR) is 70.2 cm³/mol. The van der Waals surface area contributed by atoms with E-state index in [0.29, 0.717) is 6.54 Å². The Hall–Kier alpha value is 0.0900. The van der Waals surface area contributed by atoms with Gasteiger partial charge in [0.15, 0.2) is 0 Å². The first kappa shape index (κ1) is 12.5. The summed E-state index contributed by atoms with van der Waals surface area (Å²) in [6, 6.07) is 4.05. The van der Waals surface area contributed by atoms with Crippen LogP contribution in [-0.4, -0.2) is 25.0 Å². The largest absolute Gasteiger partial charge is 0.214 e. The van der Waals surface area contributed by atoms with Gasteiger partial charge in [0.05, 0.1) is 15.6 Å². The molecule has 2 heterocycles. The molecule has 1 aromatic rings. The molecule has 0 aliphatic carbocycles. The maximum atomic E-state index is 11.9. The summed E-state index contributed by atoms with van der Waals surface area (Å²) in [5.74, 6) is 0.191. The molecular weight excluding hydrogens is 310 g/mol. The lowest BCUT2D eigenvalue weighted by atomic mass is 10.2. The Labute approximate surface area is 109 Å². The number of halogens is 1. The van der Waals surface area contributed by atoms with Crippen LogP contribution in [0.4, 0.5) is 0 Å². The quantitative estimate of drug-likeness (QED) is 0.857. The summed E-state index contributed by atoms with van der Waals surface area (Å²) in [7, 11) is -3.06. The normalized spacial score (nSPS) is 22.8. The molecule has 0 aromatic carbocycles. The van der Waals surface area contributed by atoms with Crippen LogP contribution in [0, 0.1) is 0 Å². The second-order valence-corrected chi connectivity index (χ2v) is 8.52. The lowest BCUT2D eigenvalue weighted by Crippen LogP contribution is -2.31. The summed E-state index contributed by atoms with van der Waals surface area (Å²) in [5.41, 5.74) is 0. The van der Waals surface area contributed by atoms with Gasteiger partial charge in [0.1, 0.15) is 0 Å². The summed E-state index contributed by atoms with van der Waals surface area (Å²) in [4.78, 5) is 1.14. The Bertz CT molecular complexity index is 469. The molecule has 1 unspecified atom stereocenters. The summed E-state index contributed by atoms with van der Waals surface area (Å²) in [6.07, 6.45) is 1.89. The molecule has 1 saturated heterocycles. The van der Waals surface area contributed by atoms with Crippen LogP contribution in [0.1, 0.15) is 30.7 Å². The van der Waals surface area contributed by atoms with E-state index < -0.39 is 10.0 Å². The van der Waals surface area contributed by atoms with Gasteiger partial charge in [0.2, 0.25) is 10.0 Å². The Kier molecular flexibility index (Phi) is 3.73. The summed E-state index contributed by atoms with van der Waals surface area (Å²) in [6.45, 7) is 2.37. The molecule has 0 radical (unpaired) electrons. The standard InChI is InChI=1S/C10H14BrNO2S2/c1-2-16(13,14)12-7-3-4-8(12)9-5-6-10(11)15-9/h5-6,8H,2-4,7H2,1H3. The molecular formula is C10H14BrNO2S2. The first-order valence-electron chi connectivity index (χ1n) is 5.29. The van der Waals surface area contributed by atoms with Crippen molar-refractivity contribution in [1.29, 1.82) is 0 Å². The van der Waals surface area contributed by atoms with Crippen molar-refractivity contribution >= 4 is 37.3 Å². The van der Waals surface area contributed by atoms with E-state index in [1.165, 1.54) is 0 Å². The van der Waals surface area contributed by atoms with Crippen molar-refractivity contribution in [3.8, 4) is 0 Å². The minimum atomic E-state index is -3.06. The number of hydrogen-bond acceptors (Lipinski definition) is 3. The molecule has 90 valence electrons. The molecule has 1 aliphatic rings. The Morgan fingerprint density at radius 1 is 1.56 bits per heavy atom. The topological polar surface area (TPSA) is 37.4 Å². The van der Waals surface area contributed by atoms with Crippen LogP contribution in [-0.2, 0) is 10.0 Å². The Morgan fingerprint density at radius 3 is 2.88 bits per heavy atom. The number of thiophene rings is 1. The average molecular weight is 324 g/mol. The van der Waals surface area contributed by atoms with E-state index in [2.05, 4.69) is 15.9 Å². The number of rotatable bonds is 3. The lowest BCUT2D eigenvalue weighted by molar-refractivity contribution is 0.402. The fourth-order valence-electron chi connectivity index (χ4n) is 2.03. The first-order valence-corrected chi connectivity index (χ1v) is 8.51. The first-order chi connectivity index (χ1) is 7.54. The molecule has 0 spiro atoms. The third-order valence-electron chi connectivity index (χ3n) is 2.85. The Morgan fingerprint density at radius 2 is 2.31 bits per heavy atom. The monoisotopic (exact) mass is 323 g/mol. The smallest absolute Gasteiger partial charge is 0.212 e. The van der Waals surface area contributed by atoms with Gasteiger partial charge in [0.25, 0.3) is 0 Å². The van der Waals surface area contributed by atoms with Crippen molar-refractivity contribution in [2.75, 3.05) is 12.3 Å². The van der Waals surface area contributed by atoms with Crippen LogP contribution < -0.4 is 0 Å². The minimum absolute atomic E-state index is 0.0567. The SMILES string of the molecule is CCS(=O)(=O)N1CCCC1c1ccc(Br)s1. The number of sulfonamides is 1.